The fraction of sp³-hybridized carbons (Fsp3) is 0.414. The summed E-state index contributed by atoms with van der Waals surface area (Å²) in [6.45, 7) is 3.86. The van der Waals surface area contributed by atoms with Crippen molar-refractivity contribution in [2.24, 2.45) is 5.92 Å². The Bertz CT molecular complexity index is 1210. The lowest BCUT2D eigenvalue weighted by Crippen LogP contribution is -2.48. The standard InChI is InChI=1S/C29H32FN3O2/c1-21(34)32-16-17-33(28(35)29(13-2-3-14-29)25-9-11-26(30)12-10-25)20-22(19-32)18-24-7-4-6-23-8-5-15-31-27(23)24/h4-12,15,22H,2-3,13-14,16-20H2,1H3. The molecule has 182 valence electrons. The Morgan fingerprint density at radius 3 is 2.40 bits per heavy atom. The van der Waals surface area contributed by atoms with E-state index in [9.17, 15) is 14.0 Å². The van der Waals surface area contributed by atoms with Crippen molar-refractivity contribution in [2.45, 2.75) is 44.4 Å². The zero-order valence-corrected chi connectivity index (χ0v) is 20.3. The van der Waals surface area contributed by atoms with Gasteiger partial charge in [-0.15, -0.1) is 0 Å². The first-order valence-electron chi connectivity index (χ1n) is 12.6. The molecule has 0 N–H and O–H groups in total. The zero-order valence-electron chi connectivity index (χ0n) is 20.3. The largest absolute Gasteiger partial charge is 0.341 e. The van der Waals surface area contributed by atoms with Gasteiger partial charge in [-0.05, 0) is 54.5 Å². The van der Waals surface area contributed by atoms with Crippen molar-refractivity contribution >= 4 is 22.7 Å². The van der Waals surface area contributed by atoms with E-state index in [2.05, 4.69) is 23.2 Å². The first-order chi connectivity index (χ1) is 17.0. The predicted molar refractivity (Wildman–Crippen MR) is 134 cm³/mol. The van der Waals surface area contributed by atoms with Crippen LogP contribution in [0.3, 0.4) is 0 Å². The van der Waals surface area contributed by atoms with Crippen LogP contribution in [0.15, 0.2) is 60.8 Å². The Hall–Kier alpha value is -3.28. The van der Waals surface area contributed by atoms with Gasteiger partial charge in [0.25, 0.3) is 0 Å². The van der Waals surface area contributed by atoms with Gasteiger partial charge in [0.2, 0.25) is 11.8 Å². The maximum atomic E-state index is 14.2. The van der Waals surface area contributed by atoms with Crippen LogP contribution in [-0.4, -0.2) is 52.8 Å². The lowest BCUT2D eigenvalue weighted by atomic mass is 9.77. The van der Waals surface area contributed by atoms with E-state index in [0.29, 0.717) is 26.2 Å². The molecule has 1 aromatic heterocycles. The summed E-state index contributed by atoms with van der Waals surface area (Å²) in [5.41, 5.74) is 2.42. The zero-order chi connectivity index (χ0) is 24.4. The second-order valence-electron chi connectivity index (χ2n) is 10.1. The quantitative estimate of drug-likeness (QED) is 0.550. The highest BCUT2D eigenvalue weighted by atomic mass is 19.1. The second-order valence-corrected chi connectivity index (χ2v) is 10.1. The van der Waals surface area contributed by atoms with E-state index in [-0.39, 0.29) is 23.5 Å². The summed E-state index contributed by atoms with van der Waals surface area (Å²) in [5, 5.41) is 1.09. The number of carbonyl (C=O) groups is 2. The van der Waals surface area contributed by atoms with E-state index in [0.717, 1.165) is 54.1 Å². The summed E-state index contributed by atoms with van der Waals surface area (Å²) >= 11 is 0. The number of nitrogens with zero attached hydrogens (tertiary/aromatic N) is 3. The number of aromatic nitrogens is 1. The van der Waals surface area contributed by atoms with Gasteiger partial charge in [0.1, 0.15) is 5.82 Å². The van der Waals surface area contributed by atoms with Gasteiger partial charge in [-0.2, -0.15) is 0 Å². The highest BCUT2D eigenvalue weighted by molar-refractivity contribution is 5.89. The molecule has 0 radical (unpaired) electrons. The number of hydrogen-bond donors (Lipinski definition) is 0. The number of para-hydroxylation sites is 1. The van der Waals surface area contributed by atoms with Crippen molar-refractivity contribution in [2.75, 3.05) is 26.2 Å². The van der Waals surface area contributed by atoms with Crippen LogP contribution >= 0.6 is 0 Å². The van der Waals surface area contributed by atoms with E-state index >= 15 is 0 Å². The van der Waals surface area contributed by atoms with Crippen molar-refractivity contribution in [1.82, 2.24) is 14.8 Å². The molecular formula is C29H32FN3O2. The molecule has 2 fully saturated rings. The monoisotopic (exact) mass is 473 g/mol. The third-order valence-corrected chi connectivity index (χ3v) is 7.82. The number of benzene rings is 2. The van der Waals surface area contributed by atoms with Crippen molar-refractivity contribution < 1.29 is 14.0 Å². The minimum Gasteiger partial charge on any atom is -0.341 e. The number of halogens is 1. The van der Waals surface area contributed by atoms with Gasteiger partial charge >= 0.3 is 0 Å². The van der Waals surface area contributed by atoms with E-state index in [1.165, 1.54) is 12.1 Å². The maximum absolute atomic E-state index is 14.2. The first-order valence-corrected chi connectivity index (χ1v) is 12.6. The summed E-state index contributed by atoms with van der Waals surface area (Å²) in [6, 6.07) is 16.7. The Morgan fingerprint density at radius 1 is 0.971 bits per heavy atom. The molecule has 2 heterocycles. The molecule has 1 atom stereocenters. The lowest BCUT2D eigenvalue weighted by molar-refractivity contribution is -0.138. The molecule has 1 saturated heterocycles. The van der Waals surface area contributed by atoms with Crippen LogP contribution in [0.4, 0.5) is 4.39 Å². The van der Waals surface area contributed by atoms with Crippen LogP contribution in [0.5, 0.6) is 0 Å². The number of pyridine rings is 1. The number of amides is 2. The van der Waals surface area contributed by atoms with Gasteiger partial charge in [-0.3, -0.25) is 14.6 Å². The summed E-state index contributed by atoms with van der Waals surface area (Å²) < 4.78 is 13.7. The van der Waals surface area contributed by atoms with Crippen LogP contribution in [0.25, 0.3) is 10.9 Å². The van der Waals surface area contributed by atoms with Crippen LogP contribution in [-0.2, 0) is 21.4 Å². The average molecular weight is 474 g/mol. The lowest BCUT2D eigenvalue weighted by Gasteiger charge is -2.35. The minimum atomic E-state index is -0.607. The predicted octanol–water partition coefficient (Wildman–Crippen LogP) is 4.74. The third-order valence-electron chi connectivity index (χ3n) is 7.82. The molecule has 5 rings (SSSR count). The number of hydrogen-bond acceptors (Lipinski definition) is 3. The van der Waals surface area contributed by atoms with Crippen LogP contribution in [0, 0.1) is 11.7 Å². The van der Waals surface area contributed by atoms with Gasteiger partial charge in [0, 0.05) is 44.7 Å². The van der Waals surface area contributed by atoms with Crippen LogP contribution < -0.4 is 0 Å². The molecular weight excluding hydrogens is 441 g/mol. The van der Waals surface area contributed by atoms with Crippen molar-refractivity contribution in [3.63, 3.8) is 0 Å². The molecule has 1 unspecified atom stereocenters. The molecule has 2 amide bonds. The van der Waals surface area contributed by atoms with Gasteiger partial charge < -0.3 is 9.80 Å². The van der Waals surface area contributed by atoms with E-state index in [1.807, 2.05) is 28.1 Å². The number of carbonyl (C=O) groups excluding carboxylic acids is 2. The maximum Gasteiger partial charge on any atom is 0.233 e. The molecule has 35 heavy (non-hydrogen) atoms. The van der Waals surface area contributed by atoms with Gasteiger partial charge in [-0.25, -0.2) is 4.39 Å². The molecule has 3 aromatic rings. The molecule has 1 saturated carbocycles. The Balaban J connectivity index is 1.45. The van der Waals surface area contributed by atoms with Gasteiger partial charge in [0.05, 0.1) is 10.9 Å². The fourth-order valence-corrected chi connectivity index (χ4v) is 6.02. The highest BCUT2D eigenvalue weighted by Gasteiger charge is 2.45. The smallest absolute Gasteiger partial charge is 0.233 e. The molecule has 0 bridgehead atoms. The first kappa shape index (κ1) is 23.5. The summed E-state index contributed by atoms with van der Waals surface area (Å²) in [6.07, 6.45) is 6.09. The van der Waals surface area contributed by atoms with E-state index in [4.69, 9.17) is 0 Å². The second kappa shape index (κ2) is 9.76. The Labute approximate surface area is 205 Å². The van der Waals surface area contributed by atoms with Crippen LogP contribution in [0.1, 0.15) is 43.7 Å². The highest BCUT2D eigenvalue weighted by Crippen LogP contribution is 2.43. The SMILES string of the molecule is CC(=O)N1CCN(C(=O)C2(c3ccc(F)cc3)CCCC2)CC(Cc2cccc3cccnc23)C1. The third kappa shape index (κ3) is 4.66. The Morgan fingerprint density at radius 2 is 1.66 bits per heavy atom. The van der Waals surface area contributed by atoms with E-state index < -0.39 is 5.41 Å². The van der Waals surface area contributed by atoms with E-state index in [1.54, 1.807) is 19.1 Å². The van der Waals surface area contributed by atoms with Crippen molar-refractivity contribution in [1.29, 1.82) is 0 Å². The fourth-order valence-electron chi connectivity index (χ4n) is 6.02. The molecule has 0 spiro atoms. The summed E-state index contributed by atoms with van der Waals surface area (Å²) in [7, 11) is 0. The molecule has 1 aliphatic carbocycles. The number of rotatable bonds is 4. The molecule has 2 aromatic carbocycles. The Kier molecular flexibility index (Phi) is 6.54. The molecule has 2 aliphatic rings. The number of fused-ring (bicyclic) bond motifs is 1. The molecule has 1 aliphatic heterocycles. The molecule has 6 heteroatoms. The average Bonchev–Trinajstić information content (AvgIpc) is 3.27. The van der Waals surface area contributed by atoms with Crippen molar-refractivity contribution in [3.05, 3.63) is 77.7 Å². The van der Waals surface area contributed by atoms with Gasteiger partial charge in [0.15, 0.2) is 0 Å². The normalized spacial score (nSPS) is 20.1. The summed E-state index contributed by atoms with van der Waals surface area (Å²) in [4.78, 5) is 35.0. The van der Waals surface area contributed by atoms with Crippen LogP contribution in [0.2, 0.25) is 0 Å². The minimum absolute atomic E-state index is 0.0365. The molecule has 5 nitrogen and oxygen atoms in total. The summed E-state index contributed by atoms with van der Waals surface area (Å²) in [5.74, 6) is -0.0304. The van der Waals surface area contributed by atoms with Crippen molar-refractivity contribution in [3.8, 4) is 0 Å². The van der Waals surface area contributed by atoms with Gasteiger partial charge in [-0.1, -0.05) is 49.2 Å². The topological polar surface area (TPSA) is 53.5 Å².